The minimum Gasteiger partial charge on any atom is -0.872 e. The lowest BCUT2D eigenvalue weighted by Crippen LogP contribution is -2.86. The van der Waals surface area contributed by atoms with Crippen LogP contribution in [-0.4, -0.2) is 24.2 Å². The van der Waals surface area contributed by atoms with Gasteiger partial charge < -0.3 is 15.5 Å². The number of benzene rings is 1. The number of aromatic carboxylic acids is 1. The molecule has 1 saturated heterocycles. The van der Waals surface area contributed by atoms with E-state index in [1.165, 1.54) is 6.07 Å². The second kappa shape index (κ2) is 4.53. The van der Waals surface area contributed by atoms with Crippen molar-refractivity contribution in [2.45, 2.75) is 18.8 Å². The van der Waals surface area contributed by atoms with Crippen molar-refractivity contribution in [3.8, 4) is 5.75 Å². The van der Waals surface area contributed by atoms with Gasteiger partial charge in [0.1, 0.15) is 0 Å². The van der Waals surface area contributed by atoms with Crippen molar-refractivity contribution in [2.75, 3.05) is 13.1 Å². The zero-order valence-electron chi connectivity index (χ0n) is 8.98. The molecule has 1 aliphatic rings. The Morgan fingerprint density at radius 3 is 2.69 bits per heavy atom. The van der Waals surface area contributed by atoms with Crippen LogP contribution >= 0.6 is 0 Å². The maximum atomic E-state index is 11.3. The third-order valence-electron chi connectivity index (χ3n) is 3.14. The topological polar surface area (TPSA) is 77.0 Å². The molecule has 2 rings (SSSR count). The first-order valence-electron chi connectivity index (χ1n) is 5.54. The second-order valence-electron chi connectivity index (χ2n) is 4.20. The second-order valence-corrected chi connectivity index (χ2v) is 4.20. The van der Waals surface area contributed by atoms with E-state index < -0.39 is 11.7 Å². The highest BCUT2D eigenvalue weighted by Gasteiger charge is 2.18. The lowest BCUT2D eigenvalue weighted by molar-refractivity contribution is -0.663. The van der Waals surface area contributed by atoms with E-state index in [9.17, 15) is 9.90 Å². The van der Waals surface area contributed by atoms with Crippen LogP contribution in [0.5, 0.6) is 5.75 Å². The average Bonchev–Trinajstić information content (AvgIpc) is 2.30. The van der Waals surface area contributed by atoms with E-state index in [2.05, 4.69) is 5.32 Å². The summed E-state index contributed by atoms with van der Waals surface area (Å²) in [6.07, 6.45) is 2.11. The van der Waals surface area contributed by atoms with Gasteiger partial charge in [-0.05, 0) is 17.5 Å². The highest BCUT2D eigenvalue weighted by atomic mass is 16.4. The summed E-state index contributed by atoms with van der Waals surface area (Å²) in [5, 5.41) is 22.5. The van der Waals surface area contributed by atoms with Crippen molar-refractivity contribution >= 4 is 5.97 Å². The normalized spacial score (nSPS) is 17.2. The molecule has 0 aliphatic carbocycles. The van der Waals surface area contributed by atoms with Gasteiger partial charge in [0, 0.05) is 12.8 Å². The molecule has 0 amide bonds. The van der Waals surface area contributed by atoms with Gasteiger partial charge in [-0.25, -0.2) is 4.79 Å². The van der Waals surface area contributed by atoms with Gasteiger partial charge in [0.2, 0.25) is 0 Å². The van der Waals surface area contributed by atoms with Crippen molar-refractivity contribution < 1.29 is 20.3 Å². The lowest BCUT2D eigenvalue weighted by Gasteiger charge is -2.22. The number of piperidine rings is 1. The molecule has 3 N–H and O–H groups in total. The third-order valence-corrected chi connectivity index (χ3v) is 3.14. The molecule has 0 unspecified atom stereocenters. The minimum absolute atomic E-state index is 0.105. The Morgan fingerprint density at radius 2 is 2.06 bits per heavy atom. The molecule has 1 aromatic carbocycles. The number of hydrogen-bond donors (Lipinski definition) is 2. The van der Waals surface area contributed by atoms with Gasteiger partial charge in [0.15, 0.2) is 0 Å². The quantitative estimate of drug-likeness (QED) is 0.732. The molecular weight excluding hydrogens is 206 g/mol. The average molecular weight is 221 g/mol. The first-order chi connectivity index (χ1) is 7.68. The molecule has 0 aromatic heterocycles. The number of hydrogen-bond acceptors (Lipinski definition) is 2. The van der Waals surface area contributed by atoms with Crippen LogP contribution in [0.15, 0.2) is 18.2 Å². The van der Waals surface area contributed by atoms with E-state index in [-0.39, 0.29) is 5.56 Å². The van der Waals surface area contributed by atoms with Crippen LogP contribution < -0.4 is 10.4 Å². The molecule has 1 fully saturated rings. The summed E-state index contributed by atoms with van der Waals surface area (Å²) in [5.74, 6) is -1.13. The highest BCUT2D eigenvalue weighted by Crippen LogP contribution is 2.27. The predicted octanol–water partition coefficient (Wildman–Crippen LogP) is -0.101. The van der Waals surface area contributed by atoms with E-state index in [4.69, 9.17) is 5.11 Å². The molecule has 4 nitrogen and oxygen atoms in total. The van der Waals surface area contributed by atoms with E-state index >= 15 is 0 Å². The third kappa shape index (κ3) is 2.17. The number of carbonyl (C=O) groups is 1. The summed E-state index contributed by atoms with van der Waals surface area (Å²) in [6.45, 7) is 2.15. The summed E-state index contributed by atoms with van der Waals surface area (Å²) >= 11 is 0. The molecule has 0 bridgehead atoms. The first-order valence-corrected chi connectivity index (χ1v) is 5.54. The number of quaternary nitrogens is 1. The van der Waals surface area contributed by atoms with Gasteiger partial charge in [-0.1, -0.05) is 17.9 Å². The fraction of sp³-hybridized carbons (Fsp3) is 0.417. The van der Waals surface area contributed by atoms with Crippen molar-refractivity contribution in [3.63, 3.8) is 0 Å². The van der Waals surface area contributed by atoms with Gasteiger partial charge in [-0.15, -0.1) is 0 Å². The van der Waals surface area contributed by atoms with Gasteiger partial charge >= 0.3 is 5.97 Å². The smallest absolute Gasteiger partial charge is 0.335 e. The molecule has 0 atom stereocenters. The van der Waals surface area contributed by atoms with E-state index in [0.29, 0.717) is 5.92 Å². The monoisotopic (exact) mass is 221 g/mol. The summed E-state index contributed by atoms with van der Waals surface area (Å²) in [4.78, 5) is 10.9. The molecule has 1 aromatic rings. The van der Waals surface area contributed by atoms with Gasteiger partial charge in [0.25, 0.3) is 0 Å². The van der Waals surface area contributed by atoms with Gasteiger partial charge in [0.05, 0.1) is 18.7 Å². The van der Waals surface area contributed by atoms with E-state index in [1.54, 1.807) is 12.1 Å². The van der Waals surface area contributed by atoms with Crippen LogP contribution in [0.25, 0.3) is 0 Å². The molecule has 1 heterocycles. The zero-order chi connectivity index (χ0) is 11.5. The summed E-state index contributed by atoms with van der Waals surface area (Å²) < 4.78 is 0. The highest BCUT2D eigenvalue weighted by molar-refractivity contribution is 5.90. The van der Waals surface area contributed by atoms with E-state index in [0.717, 1.165) is 31.5 Å². The maximum Gasteiger partial charge on any atom is 0.335 e. The standard InChI is InChI=1S/C12H15NO3/c14-11-2-1-9(7-10(11)12(15)16)8-3-5-13-6-4-8/h1-2,7-8,13-14H,3-6H2,(H,15,16). The molecule has 4 heteroatoms. The van der Waals surface area contributed by atoms with Crippen molar-refractivity contribution in [1.29, 1.82) is 0 Å². The molecule has 1 aliphatic heterocycles. The molecule has 0 spiro atoms. The van der Waals surface area contributed by atoms with Crippen molar-refractivity contribution in [1.82, 2.24) is 0 Å². The van der Waals surface area contributed by atoms with Crippen LogP contribution in [0.3, 0.4) is 0 Å². The Hall–Kier alpha value is -1.55. The molecule has 0 saturated carbocycles. The van der Waals surface area contributed by atoms with Gasteiger partial charge in [-0.2, -0.15) is 0 Å². The van der Waals surface area contributed by atoms with Gasteiger partial charge in [-0.3, -0.25) is 0 Å². The van der Waals surface area contributed by atoms with Crippen LogP contribution in [-0.2, 0) is 0 Å². The minimum atomic E-state index is -1.13. The Bertz CT molecular complexity index is 397. The van der Waals surface area contributed by atoms with Crippen LogP contribution in [0, 0.1) is 0 Å². The fourth-order valence-electron chi connectivity index (χ4n) is 2.23. The Labute approximate surface area is 93.9 Å². The maximum absolute atomic E-state index is 11.3. The van der Waals surface area contributed by atoms with E-state index in [1.807, 2.05) is 0 Å². The predicted molar refractivity (Wildman–Crippen MR) is 56.5 cm³/mol. The Morgan fingerprint density at radius 1 is 1.38 bits per heavy atom. The first kappa shape index (κ1) is 11.0. The van der Waals surface area contributed by atoms with Crippen LogP contribution in [0.2, 0.25) is 0 Å². The zero-order valence-corrected chi connectivity index (χ0v) is 8.98. The fourth-order valence-corrected chi connectivity index (χ4v) is 2.23. The SMILES string of the molecule is O=C(O)c1cc(C2CC[NH2+]CC2)ccc1[O-]. The number of nitrogens with two attached hydrogens (primary N) is 1. The summed E-state index contributed by atoms with van der Waals surface area (Å²) in [7, 11) is 0. The summed E-state index contributed by atoms with van der Waals surface area (Å²) in [6, 6.07) is 4.68. The number of rotatable bonds is 2. The number of carboxylic acid groups (broad SMARTS) is 1. The van der Waals surface area contributed by atoms with Crippen molar-refractivity contribution in [3.05, 3.63) is 29.3 Å². The lowest BCUT2D eigenvalue weighted by atomic mass is 9.89. The molecule has 0 radical (unpaired) electrons. The Balaban J connectivity index is 2.27. The van der Waals surface area contributed by atoms with Crippen molar-refractivity contribution in [2.24, 2.45) is 0 Å². The summed E-state index contributed by atoms with van der Waals surface area (Å²) in [5.41, 5.74) is 0.886. The molecular formula is C12H15NO3. The largest absolute Gasteiger partial charge is 0.872 e. The number of carboxylic acids is 1. The van der Waals surface area contributed by atoms with Crippen LogP contribution in [0.4, 0.5) is 0 Å². The Kier molecular flexibility index (Phi) is 3.10. The van der Waals surface area contributed by atoms with Crippen LogP contribution in [0.1, 0.15) is 34.7 Å². The molecule has 16 heavy (non-hydrogen) atoms. The molecule has 86 valence electrons.